The van der Waals surface area contributed by atoms with Crippen LogP contribution in [0.2, 0.25) is 0 Å². The predicted octanol–water partition coefficient (Wildman–Crippen LogP) is 2.43. The molecule has 0 saturated heterocycles. The molecule has 0 fully saturated rings. The topological polar surface area (TPSA) is 71.2 Å². The second kappa shape index (κ2) is 6.92. The molecule has 6 heteroatoms. The summed E-state index contributed by atoms with van der Waals surface area (Å²) in [5.74, 6) is 2.27. The lowest BCUT2D eigenvalue weighted by Gasteiger charge is -2.06. The number of carbonyl (C=O) groups excluding carboxylic acids is 2. The van der Waals surface area contributed by atoms with Crippen LogP contribution in [-0.4, -0.2) is 30.5 Å². The summed E-state index contributed by atoms with van der Waals surface area (Å²) in [5, 5.41) is 2.67. The number of aromatic nitrogens is 1. The molecule has 0 aliphatic heterocycles. The van der Waals surface area contributed by atoms with Crippen LogP contribution in [0.25, 0.3) is 5.57 Å². The SMILES string of the molecule is COc1ccc(C(=C=O)CNC(=O)c2cc(Br)c[nH]2)cc1. The molecule has 1 heterocycles. The van der Waals surface area contributed by atoms with Gasteiger partial charge in [0.1, 0.15) is 17.4 Å². The van der Waals surface area contributed by atoms with E-state index in [1.807, 2.05) is 5.94 Å². The first kappa shape index (κ1) is 15.1. The second-order valence-electron chi connectivity index (χ2n) is 4.22. The fourth-order valence-electron chi connectivity index (χ4n) is 1.75. The maximum absolute atomic E-state index is 11.9. The number of ether oxygens (including phenoxy) is 1. The molecule has 108 valence electrons. The maximum atomic E-state index is 11.9. The lowest BCUT2D eigenvalue weighted by atomic mass is 10.1. The molecule has 0 aliphatic rings. The lowest BCUT2D eigenvalue weighted by Crippen LogP contribution is -2.25. The number of carbonyl (C=O) groups is 1. The molecule has 1 aromatic carbocycles. The highest BCUT2D eigenvalue weighted by molar-refractivity contribution is 9.10. The molecule has 0 unspecified atom stereocenters. The number of methoxy groups -OCH3 is 1. The van der Waals surface area contributed by atoms with E-state index in [9.17, 15) is 9.59 Å². The van der Waals surface area contributed by atoms with E-state index in [1.54, 1.807) is 43.6 Å². The number of amides is 1. The van der Waals surface area contributed by atoms with Gasteiger partial charge in [-0.2, -0.15) is 0 Å². The molecule has 2 aromatic rings. The van der Waals surface area contributed by atoms with Gasteiger partial charge in [0.05, 0.1) is 19.2 Å². The lowest BCUT2D eigenvalue weighted by molar-refractivity contribution is 0.0954. The molecular weight excluding hydrogens is 336 g/mol. The van der Waals surface area contributed by atoms with Gasteiger partial charge in [0, 0.05) is 10.7 Å². The molecule has 5 nitrogen and oxygen atoms in total. The van der Waals surface area contributed by atoms with Gasteiger partial charge in [-0.1, -0.05) is 12.1 Å². The van der Waals surface area contributed by atoms with E-state index in [4.69, 9.17) is 4.74 Å². The van der Waals surface area contributed by atoms with E-state index >= 15 is 0 Å². The van der Waals surface area contributed by atoms with Crippen LogP contribution in [0.4, 0.5) is 0 Å². The first-order valence-corrected chi connectivity index (χ1v) is 6.94. The summed E-state index contributed by atoms with van der Waals surface area (Å²) >= 11 is 3.25. The second-order valence-corrected chi connectivity index (χ2v) is 5.14. The first-order valence-electron chi connectivity index (χ1n) is 6.14. The largest absolute Gasteiger partial charge is 0.497 e. The number of benzene rings is 1. The van der Waals surface area contributed by atoms with Gasteiger partial charge in [0.15, 0.2) is 0 Å². The van der Waals surface area contributed by atoms with Crippen LogP contribution in [0.15, 0.2) is 41.0 Å². The summed E-state index contributed by atoms with van der Waals surface area (Å²) in [7, 11) is 1.57. The molecule has 2 N–H and O–H groups in total. The highest BCUT2D eigenvalue weighted by atomic mass is 79.9. The quantitative estimate of drug-likeness (QED) is 0.815. The van der Waals surface area contributed by atoms with E-state index in [-0.39, 0.29) is 12.5 Å². The van der Waals surface area contributed by atoms with Crippen molar-refractivity contribution >= 4 is 33.4 Å². The van der Waals surface area contributed by atoms with Crippen LogP contribution in [0.5, 0.6) is 5.75 Å². The average Bonchev–Trinajstić information content (AvgIpc) is 2.95. The first-order chi connectivity index (χ1) is 10.1. The zero-order valence-electron chi connectivity index (χ0n) is 11.3. The van der Waals surface area contributed by atoms with Crippen LogP contribution in [0, 0.1) is 0 Å². The van der Waals surface area contributed by atoms with Crippen molar-refractivity contribution in [2.45, 2.75) is 0 Å². The number of aromatic amines is 1. The van der Waals surface area contributed by atoms with Crippen molar-refractivity contribution in [3.8, 4) is 5.75 Å². The third-order valence-corrected chi connectivity index (χ3v) is 3.34. The molecule has 0 radical (unpaired) electrons. The Labute approximate surface area is 130 Å². The summed E-state index contributed by atoms with van der Waals surface area (Å²) in [5.41, 5.74) is 1.48. The fourth-order valence-corrected chi connectivity index (χ4v) is 2.10. The summed E-state index contributed by atoms with van der Waals surface area (Å²) < 4.78 is 5.84. The van der Waals surface area contributed by atoms with Gasteiger partial charge in [0.25, 0.3) is 5.91 Å². The Morgan fingerprint density at radius 3 is 2.62 bits per heavy atom. The Kier molecular flexibility index (Phi) is 4.98. The Balaban J connectivity index is 2.02. The smallest absolute Gasteiger partial charge is 0.268 e. The maximum Gasteiger partial charge on any atom is 0.268 e. The third-order valence-electron chi connectivity index (χ3n) is 2.88. The van der Waals surface area contributed by atoms with Crippen molar-refractivity contribution in [2.24, 2.45) is 0 Å². The Morgan fingerprint density at radius 2 is 2.10 bits per heavy atom. The van der Waals surface area contributed by atoms with Crippen molar-refractivity contribution in [1.29, 1.82) is 0 Å². The van der Waals surface area contributed by atoms with E-state index in [1.165, 1.54) is 0 Å². The van der Waals surface area contributed by atoms with Gasteiger partial charge < -0.3 is 15.0 Å². The number of hydrogen-bond donors (Lipinski definition) is 2. The molecule has 2 rings (SSSR count). The van der Waals surface area contributed by atoms with Gasteiger partial charge in [-0.3, -0.25) is 4.79 Å². The molecule has 0 bridgehead atoms. The monoisotopic (exact) mass is 348 g/mol. The van der Waals surface area contributed by atoms with Gasteiger partial charge >= 0.3 is 0 Å². The van der Waals surface area contributed by atoms with E-state index in [0.717, 1.165) is 4.47 Å². The minimum atomic E-state index is -0.290. The van der Waals surface area contributed by atoms with E-state index < -0.39 is 0 Å². The number of H-pyrrole nitrogens is 1. The summed E-state index contributed by atoms with van der Waals surface area (Å²) in [6.45, 7) is 0.102. The normalized spacial score (nSPS) is 9.81. The molecule has 1 aromatic heterocycles. The summed E-state index contributed by atoms with van der Waals surface area (Å²) in [6.07, 6.45) is 1.66. The zero-order chi connectivity index (χ0) is 15.2. The number of hydrogen-bond acceptors (Lipinski definition) is 3. The van der Waals surface area contributed by atoms with Crippen LogP contribution in [0.3, 0.4) is 0 Å². The molecule has 1 amide bonds. The minimum Gasteiger partial charge on any atom is -0.497 e. The third kappa shape index (κ3) is 3.84. The summed E-state index contributed by atoms with van der Waals surface area (Å²) in [4.78, 5) is 25.8. The highest BCUT2D eigenvalue weighted by Gasteiger charge is 2.10. The van der Waals surface area contributed by atoms with Gasteiger partial charge in [0.2, 0.25) is 0 Å². The van der Waals surface area contributed by atoms with E-state index in [2.05, 4.69) is 26.2 Å². The van der Waals surface area contributed by atoms with Gasteiger partial charge in [-0.05, 0) is 39.7 Å². The Bertz CT molecular complexity index is 685. The molecular formula is C15H13BrN2O3. The summed E-state index contributed by atoms with van der Waals surface area (Å²) in [6, 6.07) is 8.65. The Morgan fingerprint density at radius 1 is 1.38 bits per heavy atom. The van der Waals surface area contributed by atoms with Crippen molar-refractivity contribution in [2.75, 3.05) is 13.7 Å². The van der Waals surface area contributed by atoms with Crippen molar-refractivity contribution in [3.63, 3.8) is 0 Å². The molecule has 0 spiro atoms. The van der Waals surface area contributed by atoms with Crippen LogP contribution < -0.4 is 10.1 Å². The highest BCUT2D eigenvalue weighted by Crippen LogP contribution is 2.16. The van der Waals surface area contributed by atoms with Crippen molar-refractivity contribution in [1.82, 2.24) is 10.3 Å². The molecule has 21 heavy (non-hydrogen) atoms. The van der Waals surface area contributed by atoms with Gasteiger partial charge in [-0.25, -0.2) is 4.79 Å². The van der Waals surface area contributed by atoms with Gasteiger partial charge in [-0.15, -0.1) is 0 Å². The minimum absolute atomic E-state index is 0.102. The average molecular weight is 349 g/mol. The van der Waals surface area contributed by atoms with E-state index in [0.29, 0.717) is 22.6 Å². The molecule has 0 saturated carbocycles. The van der Waals surface area contributed by atoms with Crippen LogP contribution >= 0.6 is 15.9 Å². The van der Waals surface area contributed by atoms with Crippen molar-refractivity contribution < 1.29 is 14.3 Å². The molecule has 0 atom stereocenters. The number of nitrogens with one attached hydrogen (secondary N) is 2. The van der Waals surface area contributed by atoms with Crippen molar-refractivity contribution in [3.05, 3.63) is 52.3 Å². The predicted molar refractivity (Wildman–Crippen MR) is 82.9 cm³/mol. The Hall–Kier alpha value is -2.30. The van der Waals surface area contributed by atoms with Crippen LogP contribution in [0.1, 0.15) is 16.1 Å². The number of halogens is 1. The zero-order valence-corrected chi connectivity index (χ0v) is 12.9. The fraction of sp³-hybridized carbons (Fsp3) is 0.133. The standard InChI is InChI=1S/C15H13BrN2O3/c1-21-13-4-2-10(3-5-13)11(9-19)7-18-15(20)14-6-12(16)8-17-14/h2-6,8,17H,7H2,1H3,(H,18,20). The number of rotatable bonds is 5. The molecule has 0 aliphatic carbocycles. The van der Waals surface area contributed by atoms with Crippen LogP contribution in [-0.2, 0) is 4.79 Å².